The second-order valence-electron chi connectivity index (χ2n) is 7.72. The Balaban J connectivity index is 1.36. The zero-order valence-corrected chi connectivity index (χ0v) is 23.3. The van der Waals surface area contributed by atoms with E-state index in [9.17, 15) is 4.79 Å². The lowest BCUT2D eigenvalue weighted by Crippen LogP contribution is -2.17. The van der Waals surface area contributed by atoms with Gasteiger partial charge in [-0.3, -0.25) is 4.79 Å². The second-order valence-corrected chi connectivity index (χ2v) is 10.3. The topological polar surface area (TPSA) is 75.6 Å². The average Bonchev–Trinajstić information content (AvgIpc) is 3.33. The standard InChI is InChI=1S/C27H22Br2N4O2S/c1-3-12-35-25-22(28)13-18(14-23(25)29)15-30-33-26(34)20-8-6-19(7-9-20)24-16-36-27(32-24)31-21-10-4-17(2)5-11-21/h3-11,13-16H,1,12H2,2H3,(H,31,32)(H,33,34)/b30-15-. The number of carbonyl (C=O) groups excluding carboxylic acids is 1. The summed E-state index contributed by atoms with van der Waals surface area (Å²) in [6.45, 7) is 6.10. The molecule has 0 unspecified atom stereocenters. The molecule has 0 spiro atoms. The number of halogens is 2. The number of hydrogen-bond donors (Lipinski definition) is 2. The second kappa shape index (κ2) is 12.1. The van der Waals surface area contributed by atoms with E-state index in [0.29, 0.717) is 17.9 Å². The van der Waals surface area contributed by atoms with Gasteiger partial charge in [0.25, 0.3) is 5.91 Å². The van der Waals surface area contributed by atoms with Crippen LogP contribution in [0.5, 0.6) is 5.75 Å². The molecule has 9 heteroatoms. The highest BCUT2D eigenvalue weighted by molar-refractivity contribution is 9.11. The highest BCUT2D eigenvalue weighted by Gasteiger charge is 2.10. The Kier molecular flexibility index (Phi) is 8.69. The summed E-state index contributed by atoms with van der Waals surface area (Å²) in [6, 6.07) is 19.1. The van der Waals surface area contributed by atoms with Crippen molar-refractivity contribution in [2.24, 2.45) is 5.10 Å². The molecule has 6 nitrogen and oxygen atoms in total. The minimum atomic E-state index is -0.304. The SMILES string of the molecule is C=CCOc1c(Br)cc(/C=N\NC(=O)c2ccc(-c3csc(Nc4ccc(C)cc4)n3)cc2)cc1Br. The van der Waals surface area contributed by atoms with Crippen LogP contribution in [0.2, 0.25) is 0 Å². The van der Waals surface area contributed by atoms with Crippen molar-refractivity contribution in [1.82, 2.24) is 10.4 Å². The van der Waals surface area contributed by atoms with Crippen LogP contribution in [0.1, 0.15) is 21.5 Å². The van der Waals surface area contributed by atoms with E-state index < -0.39 is 0 Å². The maximum Gasteiger partial charge on any atom is 0.271 e. The minimum Gasteiger partial charge on any atom is -0.487 e. The fraction of sp³-hybridized carbons (Fsp3) is 0.0741. The van der Waals surface area contributed by atoms with E-state index in [1.807, 2.05) is 41.8 Å². The summed E-state index contributed by atoms with van der Waals surface area (Å²) in [5.41, 5.74) is 7.82. The van der Waals surface area contributed by atoms with E-state index in [0.717, 1.165) is 36.6 Å². The Hall–Kier alpha value is -3.27. The number of aromatic nitrogens is 1. The quantitative estimate of drug-likeness (QED) is 0.113. The van der Waals surface area contributed by atoms with Gasteiger partial charge >= 0.3 is 0 Å². The molecule has 0 fully saturated rings. The lowest BCUT2D eigenvalue weighted by atomic mass is 10.1. The number of ether oxygens (including phenoxy) is 1. The zero-order valence-electron chi connectivity index (χ0n) is 19.3. The number of hydrazone groups is 1. The highest BCUT2D eigenvalue weighted by atomic mass is 79.9. The van der Waals surface area contributed by atoms with E-state index in [4.69, 9.17) is 4.74 Å². The van der Waals surface area contributed by atoms with E-state index in [2.05, 4.69) is 78.3 Å². The fourth-order valence-corrected chi connectivity index (χ4v) is 5.37. The van der Waals surface area contributed by atoms with Gasteiger partial charge in [-0.25, -0.2) is 10.4 Å². The molecule has 36 heavy (non-hydrogen) atoms. The van der Waals surface area contributed by atoms with Crippen molar-refractivity contribution in [3.63, 3.8) is 0 Å². The molecule has 1 amide bonds. The molecule has 0 aliphatic rings. The van der Waals surface area contributed by atoms with Gasteiger partial charge in [0.2, 0.25) is 0 Å². The summed E-state index contributed by atoms with van der Waals surface area (Å²) in [5, 5.41) is 10.2. The summed E-state index contributed by atoms with van der Waals surface area (Å²) in [6.07, 6.45) is 3.24. The number of benzene rings is 3. The van der Waals surface area contributed by atoms with E-state index >= 15 is 0 Å². The molecule has 0 saturated heterocycles. The number of thiazole rings is 1. The third-order valence-electron chi connectivity index (χ3n) is 5.00. The minimum absolute atomic E-state index is 0.304. The highest BCUT2D eigenvalue weighted by Crippen LogP contribution is 2.34. The molecule has 0 radical (unpaired) electrons. The van der Waals surface area contributed by atoms with Crippen LogP contribution in [0.25, 0.3) is 11.3 Å². The number of carbonyl (C=O) groups is 1. The van der Waals surface area contributed by atoms with Crippen LogP contribution in [0, 0.1) is 6.92 Å². The van der Waals surface area contributed by atoms with Crippen molar-refractivity contribution in [1.29, 1.82) is 0 Å². The number of rotatable bonds is 9. The average molecular weight is 626 g/mol. The Morgan fingerprint density at radius 2 is 1.81 bits per heavy atom. The van der Waals surface area contributed by atoms with Crippen LogP contribution in [0.4, 0.5) is 10.8 Å². The maximum atomic E-state index is 12.5. The molecule has 4 aromatic rings. The maximum absolute atomic E-state index is 12.5. The molecule has 0 saturated carbocycles. The van der Waals surface area contributed by atoms with E-state index in [1.54, 1.807) is 24.4 Å². The third-order valence-corrected chi connectivity index (χ3v) is 6.93. The predicted octanol–water partition coefficient (Wildman–Crippen LogP) is 7.72. The first-order valence-corrected chi connectivity index (χ1v) is 13.4. The smallest absolute Gasteiger partial charge is 0.271 e. The molecule has 182 valence electrons. The molecule has 0 atom stereocenters. The Morgan fingerprint density at radius 1 is 1.11 bits per heavy atom. The van der Waals surface area contributed by atoms with Crippen molar-refractivity contribution in [2.45, 2.75) is 6.92 Å². The summed E-state index contributed by atoms with van der Waals surface area (Å²) in [4.78, 5) is 17.2. The summed E-state index contributed by atoms with van der Waals surface area (Å²) >= 11 is 8.50. The van der Waals surface area contributed by atoms with Crippen LogP contribution in [-0.2, 0) is 0 Å². The molecular formula is C27H22Br2N4O2S. The van der Waals surface area contributed by atoms with Crippen LogP contribution < -0.4 is 15.5 Å². The molecule has 3 aromatic carbocycles. The van der Waals surface area contributed by atoms with Gasteiger partial charge < -0.3 is 10.1 Å². The van der Waals surface area contributed by atoms with Crippen LogP contribution in [0.15, 0.2) is 92.7 Å². The third kappa shape index (κ3) is 6.69. The summed E-state index contributed by atoms with van der Waals surface area (Å²) in [5.74, 6) is 0.371. The molecule has 0 aliphatic carbocycles. The largest absolute Gasteiger partial charge is 0.487 e. The van der Waals surface area contributed by atoms with Gasteiger partial charge in [0.15, 0.2) is 5.13 Å². The van der Waals surface area contributed by atoms with E-state index in [-0.39, 0.29) is 5.91 Å². The van der Waals surface area contributed by atoms with Crippen molar-refractivity contribution in [3.8, 4) is 17.0 Å². The Morgan fingerprint density at radius 3 is 2.47 bits per heavy atom. The summed E-state index contributed by atoms with van der Waals surface area (Å²) in [7, 11) is 0. The number of aryl methyl sites for hydroxylation is 1. The Bertz CT molecular complexity index is 1380. The number of nitrogens with one attached hydrogen (secondary N) is 2. The van der Waals surface area contributed by atoms with Crippen LogP contribution >= 0.6 is 43.2 Å². The fourth-order valence-electron chi connectivity index (χ4n) is 3.18. The first-order chi connectivity index (χ1) is 17.4. The molecule has 4 rings (SSSR count). The lowest BCUT2D eigenvalue weighted by molar-refractivity contribution is 0.0955. The molecule has 1 heterocycles. The van der Waals surface area contributed by atoms with Gasteiger partial charge in [-0.2, -0.15) is 5.10 Å². The molecule has 0 bridgehead atoms. The van der Waals surface area contributed by atoms with Gasteiger partial charge in [0.05, 0.1) is 20.9 Å². The van der Waals surface area contributed by atoms with Gasteiger partial charge in [-0.05, 0) is 80.7 Å². The van der Waals surface area contributed by atoms with Crippen molar-refractivity contribution >= 4 is 66.1 Å². The van der Waals surface area contributed by atoms with Gasteiger partial charge in [0.1, 0.15) is 12.4 Å². The molecule has 0 aliphatic heterocycles. The van der Waals surface area contributed by atoms with Crippen molar-refractivity contribution < 1.29 is 9.53 Å². The number of nitrogens with zero attached hydrogens (tertiary/aromatic N) is 2. The Labute approximate surface area is 230 Å². The molecule has 1 aromatic heterocycles. The zero-order chi connectivity index (χ0) is 25.5. The first-order valence-electron chi connectivity index (χ1n) is 10.9. The van der Waals surface area contributed by atoms with Crippen LogP contribution in [0.3, 0.4) is 0 Å². The first kappa shape index (κ1) is 25.8. The normalized spacial score (nSPS) is 10.9. The lowest BCUT2D eigenvalue weighted by Gasteiger charge is -2.09. The van der Waals surface area contributed by atoms with Crippen molar-refractivity contribution in [3.05, 3.63) is 104 Å². The van der Waals surface area contributed by atoms with E-state index in [1.165, 1.54) is 16.9 Å². The van der Waals surface area contributed by atoms with Gasteiger partial charge in [-0.15, -0.1) is 11.3 Å². The van der Waals surface area contributed by atoms with Gasteiger partial charge in [0, 0.05) is 22.2 Å². The summed E-state index contributed by atoms with van der Waals surface area (Å²) < 4.78 is 7.14. The van der Waals surface area contributed by atoms with Crippen LogP contribution in [-0.4, -0.2) is 23.7 Å². The van der Waals surface area contributed by atoms with Crippen molar-refractivity contribution in [2.75, 3.05) is 11.9 Å². The molecular weight excluding hydrogens is 604 g/mol. The van der Waals surface area contributed by atoms with Gasteiger partial charge in [-0.1, -0.05) is 42.5 Å². The number of amides is 1. The number of anilines is 2. The predicted molar refractivity (Wildman–Crippen MR) is 155 cm³/mol. The molecule has 2 N–H and O–H groups in total. The monoisotopic (exact) mass is 624 g/mol. The number of hydrogen-bond acceptors (Lipinski definition) is 6.